The van der Waals surface area contributed by atoms with E-state index in [1.165, 1.54) is 38.5 Å². The average Bonchev–Trinajstić information content (AvgIpc) is 2.65. The zero-order chi connectivity index (χ0) is 13.9. The van der Waals surface area contributed by atoms with E-state index in [0.717, 1.165) is 21.3 Å². The van der Waals surface area contributed by atoms with E-state index < -0.39 is 0 Å². The highest BCUT2D eigenvalue weighted by Crippen LogP contribution is 2.40. The van der Waals surface area contributed by atoms with Crippen LogP contribution in [0.1, 0.15) is 50.1 Å². The van der Waals surface area contributed by atoms with Gasteiger partial charge in [-0.05, 0) is 30.5 Å². The van der Waals surface area contributed by atoms with Crippen LogP contribution in [-0.2, 0) is 0 Å². The van der Waals surface area contributed by atoms with Gasteiger partial charge < -0.3 is 10.3 Å². The molecule has 1 aromatic heterocycles. The summed E-state index contributed by atoms with van der Waals surface area (Å²) in [5.74, 6) is 0.912. The van der Waals surface area contributed by atoms with Crippen LogP contribution in [0.15, 0.2) is 33.3 Å². The number of hydrogen-bond donors (Lipinski definition) is 1. The van der Waals surface area contributed by atoms with E-state index in [1.54, 1.807) is 0 Å². The molecule has 106 valence electrons. The van der Waals surface area contributed by atoms with Crippen molar-refractivity contribution >= 4 is 21.8 Å². The van der Waals surface area contributed by atoms with Crippen LogP contribution in [0.5, 0.6) is 0 Å². The Morgan fingerprint density at radius 1 is 1.15 bits per heavy atom. The SMILES string of the molecule is Nc1onc(C2CCCCCC2)c1-c1cccc(Br)c1. The van der Waals surface area contributed by atoms with Gasteiger partial charge in [0, 0.05) is 10.4 Å². The fraction of sp³-hybridized carbons (Fsp3) is 0.438. The number of nitrogen functional groups attached to an aromatic ring is 1. The van der Waals surface area contributed by atoms with Crippen molar-refractivity contribution in [3.8, 4) is 11.1 Å². The van der Waals surface area contributed by atoms with E-state index in [9.17, 15) is 0 Å². The number of hydrogen-bond acceptors (Lipinski definition) is 3. The van der Waals surface area contributed by atoms with Gasteiger partial charge in [-0.1, -0.05) is 58.9 Å². The Hall–Kier alpha value is -1.29. The minimum atomic E-state index is 0.433. The summed E-state index contributed by atoms with van der Waals surface area (Å²) in [6.07, 6.45) is 7.58. The molecule has 0 amide bonds. The summed E-state index contributed by atoms with van der Waals surface area (Å²) in [4.78, 5) is 0. The quantitative estimate of drug-likeness (QED) is 0.775. The molecule has 4 heteroatoms. The van der Waals surface area contributed by atoms with Gasteiger partial charge >= 0.3 is 0 Å². The minimum absolute atomic E-state index is 0.433. The van der Waals surface area contributed by atoms with Crippen molar-refractivity contribution in [2.75, 3.05) is 5.73 Å². The van der Waals surface area contributed by atoms with Gasteiger partial charge in [0.05, 0.1) is 11.3 Å². The lowest BCUT2D eigenvalue weighted by atomic mass is 9.91. The first-order chi connectivity index (χ1) is 9.75. The van der Waals surface area contributed by atoms with Crippen LogP contribution in [0, 0.1) is 0 Å². The van der Waals surface area contributed by atoms with Crippen molar-refractivity contribution in [3.05, 3.63) is 34.4 Å². The summed E-state index contributed by atoms with van der Waals surface area (Å²) < 4.78 is 6.34. The molecule has 0 aliphatic heterocycles. The third kappa shape index (κ3) is 2.75. The van der Waals surface area contributed by atoms with Crippen LogP contribution < -0.4 is 5.73 Å². The van der Waals surface area contributed by atoms with Gasteiger partial charge in [0.25, 0.3) is 0 Å². The summed E-state index contributed by atoms with van der Waals surface area (Å²) in [6, 6.07) is 8.16. The lowest BCUT2D eigenvalue weighted by Crippen LogP contribution is -2.00. The predicted octanol–water partition coefficient (Wildman–Crippen LogP) is 5.12. The standard InChI is InChI=1S/C16H19BrN2O/c17-13-9-5-8-12(10-13)14-15(19-20-16(14)18)11-6-3-1-2-4-7-11/h5,8-11H,1-4,6-7,18H2. The molecule has 0 unspecified atom stereocenters. The van der Waals surface area contributed by atoms with Gasteiger partial charge in [-0.25, -0.2) is 0 Å². The van der Waals surface area contributed by atoms with Crippen LogP contribution >= 0.6 is 15.9 Å². The smallest absolute Gasteiger partial charge is 0.230 e. The second-order valence-electron chi connectivity index (χ2n) is 5.51. The van der Waals surface area contributed by atoms with Crippen molar-refractivity contribution in [1.82, 2.24) is 5.16 Å². The molecule has 0 saturated heterocycles. The van der Waals surface area contributed by atoms with E-state index in [0.29, 0.717) is 11.8 Å². The Labute approximate surface area is 127 Å². The number of anilines is 1. The Balaban J connectivity index is 2.00. The van der Waals surface area contributed by atoms with E-state index in [2.05, 4.69) is 33.2 Å². The van der Waals surface area contributed by atoms with Crippen molar-refractivity contribution in [2.24, 2.45) is 0 Å². The van der Waals surface area contributed by atoms with Crippen LogP contribution in [0.3, 0.4) is 0 Å². The maximum Gasteiger partial charge on any atom is 0.230 e. The number of rotatable bonds is 2. The second kappa shape index (κ2) is 6.00. The van der Waals surface area contributed by atoms with E-state index in [4.69, 9.17) is 10.3 Å². The van der Waals surface area contributed by atoms with Crippen LogP contribution in [-0.4, -0.2) is 5.16 Å². The lowest BCUT2D eigenvalue weighted by Gasteiger charge is -2.12. The van der Waals surface area contributed by atoms with E-state index in [1.807, 2.05) is 12.1 Å². The maximum atomic E-state index is 6.02. The predicted molar refractivity (Wildman–Crippen MR) is 84.5 cm³/mol. The molecule has 0 radical (unpaired) electrons. The van der Waals surface area contributed by atoms with Crippen molar-refractivity contribution in [3.63, 3.8) is 0 Å². The minimum Gasteiger partial charge on any atom is -0.367 e. The number of nitrogens with zero attached hydrogens (tertiary/aromatic N) is 1. The molecule has 0 atom stereocenters. The Morgan fingerprint density at radius 2 is 1.90 bits per heavy atom. The van der Waals surface area contributed by atoms with Crippen molar-refractivity contribution in [2.45, 2.75) is 44.4 Å². The number of halogens is 1. The molecule has 0 bridgehead atoms. The van der Waals surface area contributed by atoms with Gasteiger partial charge in [0.2, 0.25) is 5.88 Å². The third-order valence-corrected chi connectivity index (χ3v) is 4.59. The summed E-state index contributed by atoms with van der Waals surface area (Å²) in [7, 11) is 0. The van der Waals surface area contributed by atoms with Gasteiger partial charge in [-0.3, -0.25) is 0 Å². The highest BCUT2D eigenvalue weighted by Gasteiger charge is 2.24. The van der Waals surface area contributed by atoms with Crippen LogP contribution in [0.2, 0.25) is 0 Å². The summed E-state index contributed by atoms with van der Waals surface area (Å²) in [5.41, 5.74) is 9.13. The molecule has 1 aliphatic carbocycles. The molecule has 1 aliphatic rings. The molecule has 3 nitrogen and oxygen atoms in total. The van der Waals surface area contributed by atoms with E-state index in [-0.39, 0.29) is 0 Å². The van der Waals surface area contributed by atoms with Crippen molar-refractivity contribution in [1.29, 1.82) is 0 Å². The molecule has 1 aromatic carbocycles. The monoisotopic (exact) mass is 334 g/mol. The van der Waals surface area contributed by atoms with Crippen LogP contribution in [0.25, 0.3) is 11.1 Å². The average molecular weight is 335 g/mol. The fourth-order valence-electron chi connectivity index (χ4n) is 3.08. The Bertz CT molecular complexity index is 586. The summed E-state index contributed by atoms with van der Waals surface area (Å²) in [5, 5.41) is 4.27. The first-order valence-corrected chi connectivity index (χ1v) is 8.06. The molecule has 2 N–H and O–H groups in total. The first kappa shape index (κ1) is 13.7. The normalized spacial score (nSPS) is 17.1. The lowest BCUT2D eigenvalue weighted by molar-refractivity contribution is 0.413. The summed E-state index contributed by atoms with van der Waals surface area (Å²) in [6.45, 7) is 0. The molecule has 1 heterocycles. The third-order valence-electron chi connectivity index (χ3n) is 4.10. The molecule has 0 spiro atoms. The van der Waals surface area contributed by atoms with Crippen molar-refractivity contribution < 1.29 is 4.52 Å². The molecular weight excluding hydrogens is 316 g/mol. The molecule has 1 saturated carbocycles. The highest BCUT2D eigenvalue weighted by molar-refractivity contribution is 9.10. The van der Waals surface area contributed by atoms with Crippen LogP contribution in [0.4, 0.5) is 5.88 Å². The largest absolute Gasteiger partial charge is 0.367 e. The Kier molecular flexibility index (Phi) is 4.10. The zero-order valence-corrected chi connectivity index (χ0v) is 13.0. The molecule has 2 aromatic rings. The molecule has 20 heavy (non-hydrogen) atoms. The highest BCUT2D eigenvalue weighted by atomic mass is 79.9. The molecular formula is C16H19BrN2O. The number of benzene rings is 1. The first-order valence-electron chi connectivity index (χ1n) is 7.26. The fourth-order valence-corrected chi connectivity index (χ4v) is 3.48. The summed E-state index contributed by atoms with van der Waals surface area (Å²) >= 11 is 3.51. The number of aromatic nitrogens is 1. The van der Waals surface area contributed by atoms with Gasteiger partial charge in [-0.15, -0.1) is 0 Å². The van der Waals surface area contributed by atoms with Gasteiger partial charge in [0.15, 0.2) is 0 Å². The van der Waals surface area contributed by atoms with Gasteiger partial charge in [0.1, 0.15) is 0 Å². The van der Waals surface area contributed by atoms with E-state index >= 15 is 0 Å². The van der Waals surface area contributed by atoms with Gasteiger partial charge in [-0.2, -0.15) is 0 Å². The molecule has 3 rings (SSSR count). The zero-order valence-electron chi connectivity index (χ0n) is 11.4. The number of nitrogens with two attached hydrogens (primary N) is 1. The molecule has 1 fully saturated rings. The second-order valence-corrected chi connectivity index (χ2v) is 6.42. The maximum absolute atomic E-state index is 6.02. The Morgan fingerprint density at radius 3 is 2.60 bits per heavy atom. The topological polar surface area (TPSA) is 52.0 Å².